The van der Waals surface area contributed by atoms with Gasteiger partial charge in [0, 0.05) is 18.3 Å². The fourth-order valence-electron chi connectivity index (χ4n) is 1.98. The molecule has 0 saturated carbocycles. The van der Waals surface area contributed by atoms with Crippen LogP contribution in [0.2, 0.25) is 0 Å². The van der Waals surface area contributed by atoms with Gasteiger partial charge in [0.05, 0.1) is 0 Å². The van der Waals surface area contributed by atoms with Gasteiger partial charge in [-0.3, -0.25) is 0 Å². The molecule has 1 aromatic heterocycles. The number of aryl methyl sites for hydroxylation is 3. The van der Waals surface area contributed by atoms with Crippen molar-refractivity contribution in [3.63, 3.8) is 0 Å². The van der Waals surface area contributed by atoms with E-state index in [2.05, 4.69) is 42.8 Å². The molecule has 2 N–H and O–H groups in total. The third-order valence-electron chi connectivity index (χ3n) is 3.02. The van der Waals surface area contributed by atoms with Gasteiger partial charge < -0.3 is 10.3 Å². The lowest BCUT2D eigenvalue weighted by atomic mass is 10.1. The number of benzene rings is 1. The Kier molecular flexibility index (Phi) is 2.78. The summed E-state index contributed by atoms with van der Waals surface area (Å²) < 4.78 is 2.24. The minimum atomic E-state index is 0.768. The first-order chi connectivity index (χ1) is 7.22. The maximum atomic E-state index is 5.52. The van der Waals surface area contributed by atoms with Crippen molar-refractivity contribution < 1.29 is 0 Å². The quantitative estimate of drug-likeness (QED) is 0.814. The van der Waals surface area contributed by atoms with Crippen LogP contribution >= 0.6 is 0 Å². The van der Waals surface area contributed by atoms with Crippen LogP contribution in [0.3, 0.4) is 0 Å². The van der Waals surface area contributed by atoms with Gasteiger partial charge in [0.25, 0.3) is 0 Å². The molecule has 0 bridgehead atoms. The summed E-state index contributed by atoms with van der Waals surface area (Å²) in [6.45, 7) is 2.91. The zero-order chi connectivity index (χ0) is 10.8. The summed E-state index contributed by atoms with van der Waals surface area (Å²) >= 11 is 0. The zero-order valence-electron chi connectivity index (χ0n) is 9.46. The average Bonchev–Trinajstić information content (AvgIpc) is 2.52. The van der Waals surface area contributed by atoms with Crippen LogP contribution in [0.25, 0.3) is 10.9 Å². The lowest BCUT2D eigenvalue weighted by Gasteiger charge is -2.02. The largest absolute Gasteiger partial charge is 0.348 e. The van der Waals surface area contributed by atoms with Gasteiger partial charge in [-0.05, 0) is 49.4 Å². The summed E-state index contributed by atoms with van der Waals surface area (Å²) in [4.78, 5) is 0. The lowest BCUT2D eigenvalue weighted by molar-refractivity contribution is 0.832. The highest BCUT2D eigenvalue weighted by molar-refractivity contribution is 5.81. The molecule has 0 atom stereocenters. The Balaban J connectivity index is 2.41. The van der Waals surface area contributed by atoms with E-state index in [0.717, 1.165) is 19.4 Å². The molecule has 2 heteroatoms. The molecule has 2 nitrogen and oxygen atoms in total. The molecule has 0 amide bonds. The van der Waals surface area contributed by atoms with Gasteiger partial charge in [-0.1, -0.05) is 12.1 Å². The maximum Gasteiger partial charge on any atom is 0.0482 e. The molecule has 2 aromatic rings. The Labute approximate surface area is 90.7 Å². The molecule has 0 radical (unpaired) electrons. The second kappa shape index (κ2) is 4.07. The average molecular weight is 202 g/mol. The van der Waals surface area contributed by atoms with Crippen molar-refractivity contribution in [2.45, 2.75) is 19.8 Å². The summed E-state index contributed by atoms with van der Waals surface area (Å²) in [7, 11) is 2.12. The fraction of sp³-hybridized carbons (Fsp3) is 0.385. The Morgan fingerprint density at radius 2 is 2.07 bits per heavy atom. The molecule has 1 heterocycles. The third kappa shape index (κ3) is 1.90. The van der Waals surface area contributed by atoms with Crippen LogP contribution < -0.4 is 5.73 Å². The van der Waals surface area contributed by atoms with Crippen LogP contribution in [0, 0.1) is 6.92 Å². The SMILES string of the molecule is Cc1cc2ccc(CCCN)cc2n1C. The Hall–Kier alpha value is -1.28. The normalized spacial score (nSPS) is 11.1. The van der Waals surface area contributed by atoms with Crippen molar-refractivity contribution in [3.8, 4) is 0 Å². The Bertz CT molecular complexity index is 469. The Morgan fingerprint density at radius 3 is 2.80 bits per heavy atom. The van der Waals surface area contributed by atoms with Crippen LogP contribution in [0.15, 0.2) is 24.3 Å². The standard InChI is InChI=1S/C13H18N2/c1-10-8-12-6-5-11(4-3-7-14)9-13(12)15(10)2/h5-6,8-9H,3-4,7,14H2,1-2H3. The summed E-state index contributed by atoms with van der Waals surface area (Å²) in [5.41, 5.74) is 9.53. The van der Waals surface area contributed by atoms with E-state index in [-0.39, 0.29) is 0 Å². The second-order valence-electron chi connectivity index (χ2n) is 4.13. The number of fused-ring (bicyclic) bond motifs is 1. The third-order valence-corrected chi connectivity index (χ3v) is 3.02. The molecule has 0 unspecified atom stereocenters. The van der Waals surface area contributed by atoms with E-state index in [1.165, 1.54) is 22.2 Å². The smallest absolute Gasteiger partial charge is 0.0482 e. The molecular weight excluding hydrogens is 184 g/mol. The molecule has 0 aliphatic carbocycles. The highest BCUT2D eigenvalue weighted by atomic mass is 14.9. The van der Waals surface area contributed by atoms with Gasteiger partial charge in [-0.2, -0.15) is 0 Å². The molecule has 0 spiro atoms. The molecule has 0 aliphatic heterocycles. The highest BCUT2D eigenvalue weighted by Gasteiger charge is 2.02. The first-order valence-electron chi connectivity index (χ1n) is 5.47. The minimum Gasteiger partial charge on any atom is -0.348 e. The first-order valence-corrected chi connectivity index (χ1v) is 5.47. The van der Waals surface area contributed by atoms with Crippen molar-refractivity contribution in [2.75, 3.05) is 6.54 Å². The highest BCUT2D eigenvalue weighted by Crippen LogP contribution is 2.20. The number of hydrogen-bond donors (Lipinski definition) is 1. The van der Waals surface area contributed by atoms with Gasteiger partial charge in [-0.25, -0.2) is 0 Å². The number of aromatic nitrogens is 1. The van der Waals surface area contributed by atoms with Crippen LogP contribution in [-0.4, -0.2) is 11.1 Å². The number of rotatable bonds is 3. The molecule has 0 aliphatic rings. The van der Waals surface area contributed by atoms with E-state index in [4.69, 9.17) is 5.73 Å². The molecule has 0 fully saturated rings. The van der Waals surface area contributed by atoms with Crippen molar-refractivity contribution >= 4 is 10.9 Å². The summed E-state index contributed by atoms with van der Waals surface area (Å²) in [5, 5.41) is 1.33. The first kappa shape index (κ1) is 10.2. The van der Waals surface area contributed by atoms with Gasteiger partial charge in [0.2, 0.25) is 0 Å². The maximum absolute atomic E-state index is 5.52. The van der Waals surface area contributed by atoms with E-state index >= 15 is 0 Å². The molecule has 1 aromatic carbocycles. The van der Waals surface area contributed by atoms with Crippen LogP contribution in [0.5, 0.6) is 0 Å². The minimum absolute atomic E-state index is 0.768. The predicted molar refractivity (Wildman–Crippen MR) is 65.0 cm³/mol. The van der Waals surface area contributed by atoms with Gasteiger partial charge in [-0.15, -0.1) is 0 Å². The fourth-order valence-corrected chi connectivity index (χ4v) is 1.98. The van der Waals surface area contributed by atoms with E-state index < -0.39 is 0 Å². The number of nitrogens with two attached hydrogens (primary N) is 1. The van der Waals surface area contributed by atoms with E-state index in [1.807, 2.05) is 0 Å². The van der Waals surface area contributed by atoms with E-state index in [1.54, 1.807) is 0 Å². The number of hydrogen-bond acceptors (Lipinski definition) is 1. The van der Waals surface area contributed by atoms with Crippen LogP contribution in [-0.2, 0) is 13.5 Å². The van der Waals surface area contributed by atoms with Crippen LogP contribution in [0.4, 0.5) is 0 Å². The summed E-state index contributed by atoms with van der Waals surface area (Å²) in [5.74, 6) is 0. The topological polar surface area (TPSA) is 30.9 Å². The second-order valence-corrected chi connectivity index (χ2v) is 4.13. The molecule has 2 rings (SSSR count). The van der Waals surface area contributed by atoms with Crippen molar-refractivity contribution in [1.82, 2.24) is 4.57 Å². The molecular formula is C13H18N2. The number of nitrogens with zero attached hydrogens (tertiary/aromatic N) is 1. The molecule has 15 heavy (non-hydrogen) atoms. The van der Waals surface area contributed by atoms with Crippen molar-refractivity contribution in [3.05, 3.63) is 35.5 Å². The zero-order valence-corrected chi connectivity index (χ0v) is 9.46. The molecule has 80 valence electrons. The monoisotopic (exact) mass is 202 g/mol. The van der Waals surface area contributed by atoms with E-state index in [0.29, 0.717) is 0 Å². The van der Waals surface area contributed by atoms with Gasteiger partial charge >= 0.3 is 0 Å². The summed E-state index contributed by atoms with van der Waals surface area (Å²) in [6, 6.07) is 8.91. The van der Waals surface area contributed by atoms with Gasteiger partial charge in [0.1, 0.15) is 0 Å². The van der Waals surface area contributed by atoms with Crippen LogP contribution in [0.1, 0.15) is 17.7 Å². The predicted octanol–water partition coefficient (Wildman–Crippen LogP) is 2.38. The Morgan fingerprint density at radius 1 is 1.27 bits per heavy atom. The molecule has 0 saturated heterocycles. The van der Waals surface area contributed by atoms with Crippen molar-refractivity contribution in [2.24, 2.45) is 12.8 Å². The van der Waals surface area contributed by atoms with E-state index in [9.17, 15) is 0 Å². The lowest BCUT2D eigenvalue weighted by Crippen LogP contribution is -2.00. The summed E-state index contributed by atoms with van der Waals surface area (Å²) in [6.07, 6.45) is 2.14. The van der Waals surface area contributed by atoms with Gasteiger partial charge in [0.15, 0.2) is 0 Å². The van der Waals surface area contributed by atoms with Crippen molar-refractivity contribution in [1.29, 1.82) is 0 Å².